The van der Waals surface area contributed by atoms with Crippen LogP contribution in [0.4, 0.5) is 5.69 Å². The number of benzene rings is 2. The van der Waals surface area contributed by atoms with E-state index in [0.717, 1.165) is 17.1 Å². The Balaban J connectivity index is 1.80. The predicted molar refractivity (Wildman–Crippen MR) is 105 cm³/mol. The van der Waals surface area contributed by atoms with Crippen LogP contribution in [0.15, 0.2) is 40.8 Å². The summed E-state index contributed by atoms with van der Waals surface area (Å²) in [5, 5.41) is 2.47. The van der Waals surface area contributed by atoms with Gasteiger partial charge in [0.1, 0.15) is 5.58 Å². The average molecular weight is 333 g/mol. The Hall–Kier alpha value is -1.96. The van der Waals surface area contributed by atoms with Crippen LogP contribution in [0.25, 0.3) is 21.9 Å². The number of hydrogen-bond acceptors (Lipinski definition) is 2. The summed E-state index contributed by atoms with van der Waals surface area (Å²) in [6.07, 6.45) is 2.54. The van der Waals surface area contributed by atoms with Gasteiger partial charge in [0.15, 0.2) is 5.58 Å². The number of para-hydroxylation sites is 1. The van der Waals surface area contributed by atoms with E-state index in [1.165, 1.54) is 34.9 Å². The van der Waals surface area contributed by atoms with E-state index in [4.69, 9.17) is 4.42 Å². The molecule has 2 fully saturated rings. The summed E-state index contributed by atoms with van der Waals surface area (Å²) in [5.41, 5.74) is 5.31. The lowest BCUT2D eigenvalue weighted by molar-refractivity contribution is 0.200. The Morgan fingerprint density at radius 1 is 1.04 bits per heavy atom. The molecule has 2 aromatic carbocycles. The molecule has 0 N–H and O–H groups in total. The van der Waals surface area contributed by atoms with Gasteiger partial charge in [0, 0.05) is 22.4 Å². The number of piperidine rings is 1. The highest BCUT2D eigenvalue weighted by atomic mass is 16.3. The Morgan fingerprint density at radius 2 is 1.80 bits per heavy atom. The summed E-state index contributed by atoms with van der Waals surface area (Å²) >= 11 is 0. The van der Waals surface area contributed by atoms with E-state index in [1.54, 1.807) is 0 Å². The fraction of sp³-hybridized carbons (Fsp3) is 0.478. The molecule has 2 heterocycles. The summed E-state index contributed by atoms with van der Waals surface area (Å²) in [6, 6.07) is 13.4. The first-order valence-corrected chi connectivity index (χ1v) is 9.55. The van der Waals surface area contributed by atoms with E-state index in [0.29, 0.717) is 11.5 Å². The van der Waals surface area contributed by atoms with Gasteiger partial charge in [-0.05, 0) is 56.6 Å². The van der Waals surface area contributed by atoms with E-state index in [-0.39, 0.29) is 5.54 Å². The third-order valence-corrected chi connectivity index (χ3v) is 7.52. The van der Waals surface area contributed by atoms with Gasteiger partial charge in [-0.15, -0.1) is 0 Å². The van der Waals surface area contributed by atoms with Gasteiger partial charge < -0.3 is 9.32 Å². The largest absolute Gasteiger partial charge is 0.454 e. The first-order chi connectivity index (χ1) is 11.8. The second kappa shape index (κ2) is 4.60. The van der Waals surface area contributed by atoms with Crippen molar-refractivity contribution in [3.8, 4) is 0 Å². The van der Waals surface area contributed by atoms with Crippen molar-refractivity contribution in [3.05, 3.63) is 42.0 Å². The SMILES string of the molecule is Cc1ccc2c(oc3ccccc32)c1N1C(C)C2(C)CC1(C)CC2C. The molecule has 1 aliphatic heterocycles. The van der Waals surface area contributed by atoms with Crippen LogP contribution in [0.5, 0.6) is 0 Å². The molecule has 0 radical (unpaired) electrons. The van der Waals surface area contributed by atoms with Crippen LogP contribution in [-0.2, 0) is 0 Å². The van der Waals surface area contributed by atoms with E-state index in [1.807, 2.05) is 0 Å². The average Bonchev–Trinajstić information content (AvgIpc) is 3.11. The highest BCUT2D eigenvalue weighted by Crippen LogP contribution is 2.62. The molecule has 0 spiro atoms. The third kappa shape index (κ3) is 1.75. The van der Waals surface area contributed by atoms with Gasteiger partial charge in [0.25, 0.3) is 0 Å². The molecular weight excluding hydrogens is 306 g/mol. The van der Waals surface area contributed by atoms with Crippen molar-refractivity contribution < 1.29 is 4.42 Å². The van der Waals surface area contributed by atoms with Crippen LogP contribution in [-0.4, -0.2) is 11.6 Å². The highest BCUT2D eigenvalue weighted by Gasteiger charge is 2.62. The van der Waals surface area contributed by atoms with Gasteiger partial charge in [-0.3, -0.25) is 0 Å². The number of hydrogen-bond donors (Lipinski definition) is 0. The number of furan rings is 1. The zero-order valence-electron chi connectivity index (χ0n) is 15.9. The summed E-state index contributed by atoms with van der Waals surface area (Å²) in [7, 11) is 0. The summed E-state index contributed by atoms with van der Waals surface area (Å²) in [4.78, 5) is 2.70. The molecule has 2 bridgehead atoms. The van der Waals surface area contributed by atoms with Crippen LogP contribution in [0.3, 0.4) is 0 Å². The predicted octanol–water partition coefficient (Wildman–Crippen LogP) is 6.30. The zero-order valence-corrected chi connectivity index (χ0v) is 15.9. The molecule has 3 aromatic rings. The van der Waals surface area contributed by atoms with Crippen molar-refractivity contribution >= 4 is 27.6 Å². The van der Waals surface area contributed by atoms with Crippen LogP contribution in [0.1, 0.15) is 46.1 Å². The normalized spacial score (nSPS) is 34.5. The van der Waals surface area contributed by atoms with Crippen LogP contribution in [0.2, 0.25) is 0 Å². The lowest BCUT2D eigenvalue weighted by Crippen LogP contribution is -2.51. The lowest BCUT2D eigenvalue weighted by Gasteiger charge is -2.47. The zero-order chi connectivity index (χ0) is 17.6. The lowest BCUT2D eigenvalue weighted by atomic mass is 9.75. The van der Waals surface area contributed by atoms with Crippen LogP contribution in [0, 0.1) is 18.3 Å². The molecule has 5 rings (SSSR count). The summed E-state index contributed by atoms with van der Waals surface area (Å²) < 4.78 is 6.40. The van der Waals surface area contributed by atoms with Gasteiger partial charge in [0.2, 0.25) is 0 Å². The Bertz CT molecular complexity index is 1000. The molecule has 130 valence electrons. The topological polar surface area (TPSA) is 16.4 Å². The minimum atomic E-state index is 0.228. The van der Waals surface area contributed by atoms with E-state index < -0.39 is 0 Å². The fourth-order valence-electron chi connectivity index (χ4n) is 6.10. The Labute approximate surface area is 149 Å². The molecule has 0 amide bonds. The number of nitrogens with zero attached hydrogens (tertiary/aromatic N) is 1. The second-order valence-corrected chi connectivity index (χ2v) is 9.04. The standard InChI is InChI=1S/C23H27NO/c1-14-10-11-18-17-8-6-7-9-19(17)25-21(18)20(14)24-16(3)23(5)13-22(24,4)12-15(23)2/h6-11,15-16H,12-13H2,1-5H3. The number of aryl methyl sites for hydroxylation is 1. The number of anilines is 1. The van der Waals surface area contributed by atoms with E-state index in [2.05, 4.69) is 75.9 Å². The minimum Gasteiger partial charge on any atom is -0.454 e. The van der Waals surface area contributed by atoms with E-state index >= 15 is 0 Å². The molecule has 1 aromatic heterocycles. The minimum absolute atomic E-state index is 0.228. The van der Waals surface area contributed by atoms with E-state index in [9.17, 15) is 0 Å². The molecule has 25 heavy (non-hydrogen) atoms. The second-order valence-electron chi connectivity index (χ2n) is 9.04. The maximum atomic E-state index is 6.40. The molecule has 1 saturated carbocycles. The van der Waals surface area contributed by atoms with Gasteiger partial charge in [0.05, 0.1) is 5.69 Å². The Morgan fingerprint density at radius 3 is 2.52 bits per heavy atom. The molecule has 2 aliphatic rings. The van der Waals surface area contributed by atoms with Gasteiger partial charge in [-0.2, -0.15) is 0 Å². The maximum absolute atomic E-state index is 6.40. The molecule has 2 heteroatoms. The van der Waals surface area contributed by atoms with Gasteiger partial charge >= 0.3 is 0 Å². The van der Waals surface area contributed by atoms with Crippen molar-refractivity contribution in [1.29, 1.82) is 0 Å². The number of fused-ring (bicyclic) bond motifs is 5. The van der Waals surface area contributed by atoms with Crippen LogP contribution >= 0.6 is 0 Å². The van der Waals surface area contributed by atoms with Gasteiger partial charge in [-0.1, -0.05) is 44.2 Å². The molecule has 4 atom stereocenters. The monoisotopic (exact) mass is 333 g/mol. The molecule has 1 saturated heterocycles. The smallest absolute Gasteiger partial charge is 0.158 e. The van der Waals surface area contributed by atoms with Crippen molar-refractivity contribution in [1.82, 2.24) is 0 Å². The van der Waals surface area contributed by atoms with Crippen LogP contribution < -0.4 is 4.90 Å². The Kier molecular flexibility index (Phi) is 2.82. The van der Waals surface area contributed by atoms with Crippen molar-refractivity contribution in [2.45, 2.75) is 59.0 Å². The number of rotatable bonds is 1. The maximum Gasteiger partial charge on any atom is 0.158 e. The first-order valence-electron chi connectivity index (χ1n) is 9.55. The molecule has 2 nitrogen and oxygen atoms in total. The molecular formula is C23H27NO. The van der Waals surface area contributed by atoms with Crippen molar-refractivity contribution in [3.63, 3.8) is 0 Å². The molecule has 1 aliphatic carbocycles. The molecule has 4 unspecified atom stereocenters. The first kappa shape index (κ1) is 15.3. The summed E-state index contributed by atoms with van der Waals surface area (Å²) in [6.45, 7) is 12.0. The third-order valence-electron chi connectivity index (χ3n) is 7.52. The van der Waals surface area contributed by atoms with Crippen molar-refractivity contribution in [2.75, 3.05) is 4.90 Å². The fourth-order valence-corrected chi connectivity index (χ4v) is 6.10. The highest BCUT2D eigenvalue weighted by molar-refractivity contribution is 6.09. The van der Waals surface area contributed by atoms with Crippen molar-refractivity contribution in [2.24, 2.45) is 11.3 Å². The summed E-state index contributed by atoms with van der Waals surface area (Å²) in [5.74, 6) is 0.777. The van der Waals surface area contributed by atoms with Gasteiger partial charge in [-0.25, -0.2) is 0 Å². The quantitative estimate of drug-likeness (QED) is 0.520.